The van der Waals surface area contributed by atoms with Gasteiger partial charge in [-0.1, -0.05) is 29.8 Å². The lowest BCUT2D eigenvalue weighted by molar-refractivity contribution is 0.1000. The van der Waals surface area contributed by atoms with Gasteiger partial charge in [0.2, 0.25) is 11.8 Å². The molecule has 0 fully saturated rings. The number of hydrogen-bond donors (Lipinski definition) is 1. The molecule has 1 amide bonds. The number of para-hydroxylation sites is 1. The third-order valence-electron chi connectivity index (χ3n) is 3.67. The molecular weight excluding hydrogens is 390 g/mol. The summed E-state index contributed by atoms with van der Waals surface area (Å²) in [6.07, 6.45) is -0.0262. The van der Waals surface area contributed by atoms with E-state index in [0.29, 0.717) is 0 Å². The average Bonchev–Trinajstić information content (AvgIpc) is 2.62. The number of sulfonamides is 1. The van der Waals surface area contributed by atoms with Crippen LogP contribution in [0.15, 0.2) is 48.5 Å². The molecule has 142 valence electrons. The molecule has 9 heteroatoms. The van der Waals surface area contributed by atoms with Gasteiger partial charge in [-0.3, -0.25) is 9.10 Å². The Morgan fingerprint density at radius 1 is 1.30 bits per heavy atom. The number of ether oxygens (including phenoxy) is 1. The number of nitrogens with zero attached hydrogens (tertiary/aromatic N) is 2. The molecule has 2 N–H and O–H groups in total. The maximum Gasteiger partial charge on any atom is 0.270 e. The van der Waals surface area contributed by atoms with E-state index < -0.39 is 27.9 Å². The molecule has 1 atom stereocenters. The SMILES string of the molecule is CC(CC#N)N(c1ccccc1Cl)S(=O)(=O)COc1cccc(C(N)=O)c1. The molecule has 0 heterocycles. The fraction of sp³-hybridized carbons (Fsp3) is 0.222. The van der Waals surface area contributed by atoms with Crippen molar-refractivity contribution in [1.82, 2.24) is 0 Å². The maximum atomic E-state index is 12.9. The Kier molecular flexibility index (Phi) is 6.66. The summed E-state index contributed by atoms with van der Waals surface area (Å²) in [5.74, 6) is -1.17. The lowest BCUT2D eigenvalue weighted by Gasteiger charge is -2.29. The Labute approximate surface area is 163 Å². The zero-order valence-corrected chi connectivity index (χ0v) is 16.1. The highest BCUT2D eigenvalue weighted by molar-refractivity contribution is 7.92. The summed E-state index contributed by atoms with van der Waals surface area (Å²) in [6, 6.07) is 13.7. The highest BCUT2D eigenvalue weighted by Crippen LogP contribution is 2.30. The molecule has 2 aromatic rings. The molecule has 0 radical (unpaired) electrons. The summed E-state index contributed by atoms with van der Waals surface area (Å²) in [6.45, 7) is 1.61. The maximum absolute atomic E-state index is 12.9. The van der Waals surface area contributed by atoms with E-state index in [1.807, 2.05) is 6.07 Å². The number of carbonyl (C=O) groups is 1. The minimum atomic E-state index is -3.99. The predicted octanol–water partition coefficient (Wildman–Crippen LogP) is 2.91. The lowest BCUT2D eigenvalue weighted by atomic mass is 10.2. The molecule has 0 aromatic heterocycles. The van der Waals surface area contributed by atoms with Crippen LogP contribution in [0.2, 0.25) is 5.02 Å². The van der Waals surface area contributed by atoms with E-state index in [9.17, 15) is 13.2 Å². The first-order valence-electron chi connectivity index (χ1n) is 7.92. The highest BCUT2D eigenvalue weighted by atomic mass is 35.5. The normalized spacial score (nSPS) is 12.0. The van der Waals surface area contributed by atoms with E-state index in [2.05, 4.69) is 0 Å². The number of amides is 1. The number of anilines is 1. The van der Waals surface area contributed by atoms with E-state index in [4.69, 9.17) is 27.3 Å². The number of nitriles is 1. The van der Waals surface area contributed by atoms with Crippen molar-refractivity contribution in [1.29, 1.82) is 5.26 Å². The number of nitrogens with two attached hydrogens (primary N) is 1. The number of carbonyl (C=O) groups excluding carboxylic acids is 1. The molecule has 2 aromatic carbocycles. The second kappa shape index (κ2) is 8.75. The fourth-order valence-corrected chi connectivity index (χ4v) is 4.20. The van der Waals surface area contributed by atoms with Gasteiger partial charge in [-0.15, -0.1) is 0 Å². The summed E-state index contributed by atoms with van der Waals surface area (Å²) in [7, 11) is -3.99. The van der Waals surface area contributed by atoms with Crippen molar-refractivity contribution < 1.29 is 17.9 Å². The summed E-state index contributed by atoms with van der Waals surface area (Å²) >= 11 is 6.16. The smallest absolute Gasteiger partial charge is 0.270 e. The fourth-order valence-electron chi connectivity index (χ4n) is 2.45. The first kappa shape index (κ1) is 20.6. The van der Waals surface area contributed by atoms with Gasteiger partial charge in [-0.2, -0.15) is 5.26 Å². The number of benzene rings is 2. The topological polar surface area (TPSA) is 113 Å². The first-order chi connectivity index (χ1) is 12.8. The Morgan fingerprint density at radius 3 is 2.63 bits per heavy atom. The van der Waals surface area contributed by atoms with Gasteiger partial charge >= 0.3 is 0 Å². The molecular formula is C18H18ClN3O4S. The third-order valence-corrected chi connectivity index (χ3v) is 5.56. The van der Waals surface area contributed by atoms with Crippen molar-refractivity contribution in [2.24, 2.45) is 5.73 Å². The van der Waals surface area contributed by atoms with Crippen LogP contribution in [0.25, 0.3) is 0 Å². The summed E-state index contributed by atoms with van der Waals surface area (Å²) < 4.78 is 32.3. The number of hydrogen-bond acceptors (Lipinski definition) is 5. The second-order valence-electron chi connectivity index (χ2n) is 5.72. The minimum absolute atomic E-state index is 0.0262. The van der Waals surface area contributed by atoms with Crippen LogP contribution < -0.4 is 14.8 Å². The molecule has 0 aliphatic rings. The number of primary amides is 1. The van der Waals surface area contributed by atoms with Crippen molar-refractivity contribution in [3.05, 3.63) is 59.1 Å². The predicted molar refractivity (Wildman–Crippen MR) is 103 cm³/mol. The quantitative estimate of drug-likeness (QED) is 0.722. The van der Waals surface area contributed by atoms with Crippen LogP contribution in [0.3, 0.4) is 0 Å². The Balaban J connectivity index is 2.31. The zero-order chi connectivity index (χ0) is 20.0. The molecule has 0 spiro atoms. The van der Waals surface area contributed by atoms with Gasteiger partial charge < -0.3 is 10.5 Å². The van der Waals surface area contributed by atoms with Gasteiger partial charge in [0.15, 0.2) is 0 Å². The van der Waals surface area contributed by atoms with Crippen LogP contribution in [-0.4, -0.2) is 26.3 Å². The van der Waals surface area contributed by atoms with Crippen LogP contribution in [0.1, 0.15) is 23.7 Å². The van der Waals surface area contributed by atoms with E-state index >= 15 is 0 Å². The van der Waals surface area contributed by atoms with Crippen LogP contribution in [0.4, 0.5) is 5.69 Å². The van der Waals surface area contributed by atoms with Crippen LogP contribution in [0.5, 0.6) is 5.75 Å². The van der Waals surface area contributed by atoms with Gasteiger partial charge in [0.05, 0.1) is 29.2 Å². The van der Waals surface area contributed by atoms with E-state index in [1.165, 1.54) is 24.3 Å². The van der Waals surface area contributed by atoms with Gasteiger partial charge in [0, 0.05) is 5.56 Å². The summed E-state index contributed by atoms with van der Waals surface area (Å²) in [5.41, 5.74) is 5.67. The molecule has 2 rings (SSSR count). The third kappa shape index (κ3) is 5.12. The zero-order valence-electron chi connectivity index (χ0n) is 14.5. The monoisotopic (exact) mass is 407 g/mol. The Morgan fingerprint density at radius 2 is 2.00 bits per heavy atom. The summed E-state index contributed by atoms with van der Waals surface area (Å²) in [4.78, 5) is 11.2. The van der Waals surface area contributed by atoms with Gasteiger partial charge in [-0.05, 0) is 37.3 Å². The number of halogens is 1. The molecule has 0 aliphatic heterocycles. The van der Waals surface area contributed by atoms with Crippen molar-refractivity contribution in [2.75, 3.05) is 10.2 Å². The first-order valence-corrected chi connectivity index (χ1v) is 9.91. The van der Waals surface area contributed by atoms with Gasteiger partial charge in [-0.25, -0.2) is 8.42 Å². The van der Waals surface area contributed by atoms with Gasteiger partial charge in [0.25, 0.3) is 10.0 Å². The van der Waals surface area contributed by atoms with Crippen molar-refractivity contribution in [2.45, 2.75) is 19.4 Å². The van der Waals surface area contributed by atoms with Gasteiger partial charge in [0.1, 0.15) is 5.75 Å². The summed E-state index contributed by atoms with van der Waals surface area (Å²) in [5, 5.41) is 9.22. The molecule has 0 saturated heterocycles. The van der Waals surface area contributed by atoms with Crippen LogP contribution in [-0.2, 0) is 10.0 Å². The van der Waals surface area contributed by atoms with E-state index in [0.717, 1.165) is 4.31 Å². The molecule has 0 bridgehead atoms. The molecule has 27 heavy (non-hydrogen) atoms. The standard InChI is InChI=1S/C18H18ClN3O4S/c1-13(9-10-20)22(17-8-3-2-7-16(17)19)27(24,25)12-26-15-6-4-5-14(11-15)18(21)23/h2-8,11,13H,9,12H2,1H3,(H2,21,23). The average molecular weight is 408 g/mol. The highest BCUT2D eigenvalue weighted by Gasteiger charge is 2.30. The Hall–Kier alpha value is -2.76. The minimum Gasteiger partial charge on any atom is -0.476 e. The second-order valence-corrected chi connectivity index (χ2v) is 7.92. The molecule has 7 nitrogen and oxygen atoms in total. The van der Waals surface area contributed by atoms with E-state index in [1.54, 1.807) is 31.2 Å². The largest absolute Gasteiger partial charge is 0.476 e. The lowest BCUT2D eigenvalue weighted by Crippen LogP contribution is -2.41. The number of rotatable bonds is 8. The van der Waals surface area contributed by atoms with Crippen molar-refractivity contribution in [3.8, 4) is 11.8 Å². The van der Waals surface area contributed by atoms with Crippen LogP contribution >= 0.6 is 11.6 Å². The Bertz CT molecular complexity index is 973. The molecule has 0 aliphatic carbocycles. The van der Waals surface area contributed by atoms with E-state index in [-0.39, 0.29) is 28.4 Å². The molecule has 0 saturated carbocycles. The van der Waals surface area contributed by atoms with Crippen molar-refractivity contribution in [3.63, 3.8) is 0 Å². The molecule has 1 unspecified atom stereocenters. The van der Waals surface area contributed by atoms with Crippen LogP contribution in [0, 0.1) is 11.3 Å². The van der Waals surface area contributed by atoms with Crippen molar-refractivity contribution >= 4 is 33.2 Å².